The van der Waals surface area contributed by atoms with Gasteiger partial charge in [0.2, 0.25) is 0 Å². The van der Waals surface area contributed by atoms with Gasteiger partial charge in [0.15, 0.2) is 0 Å². The molecule has 0 bridgehead atoms. The summed E-state index contributed by atoms with van der Waals surface area (Å²) in [6, 6.07) is 9.66. The SMILES string of the molecule is O=C(O)C1NNC2C(OCc3ccccc3)CCCC12. The van der Waals surface area contributed by atoms with E-state index in [2.05, 4.69) is 10.9 Å². The maximum absolute atomic E-state index is 11.2. The van der Waals surface area contributed by atoms with Crippen LogP contribution in [0.5, 0.6) is 0 Å². The van der Waals surface area contributed by atoms with E-state index in [1.807, 2.05) is 30.3 Å². The Kier molecular flexibility index (Phi) is 4.00. The van der Waals surface area contributed by atoms with Gasteiger partial charge >= 0.3 is 5.97 Å². The maximum atomic E-state index is 11.2. The first-order chi connectivity index (χ1) is 9.75. The number of rotatable bonds is 4. The van der Waals surface area contributed by atoms with Crippen molar-refractivity contribution in [3.63, 3.8) is 0 Å². The van der Waals surface area contributed by atoms with Crippen LogP contribution in [0.15, 0.2) is 30.3 Å². The third-order valence-electron chi connectivity index (χ3n) is 4.29. The highest BCUT2D eigenvalue weighted by atomic mass is 16.5. The minimum atomic E-state index is -0.784. The van der Waals surface area contributed by atoms with Gasteiger partial charge in [-0.3, -0.25) is 10.2 Å². The zero-order valence-electron chi connectivity index (χ0n) is 11.3. The summed E-state index contributed by atoms with van der Waals surface area (Å²) >= 11 is 0. The van der Waals surface area contributed by atoms with Crippen molar-refractivity contribution < 1.29 is 14.6 Å². The van der Waals surface area contributed by atoms with Crippen LogP contribution in [0, 0.1) is 5.92 Å². The largest absolute Gasteiger partial charge is 0.480 e. The summed E-state index contributed by atoms with van der Waals surface area (Å²) in [6.45, 7) is 0.578. The molecule has 1 heterocycles. The molecule has 1 saturated carbocycles. The molecule has 0 amide bonds. The summed E-state index contributed by atoms with van der Waals surface area (Å²) in [5, 5.41) is 9.20. The van der Waals surface area contributed by atoms with E-state index in [9.17, 15) is 9.90 Å². The van der Waals surface area contributed by atoms with Crippen LogP contribution in [0.1, 0.15) is 24.8 Å². The van der Waals surface area contributed by atoms with Crippen molar-refractivity contribution in [2.75, 3.05) is 0 Å². The molecule has 0 aromatic heterocycles. The molecule has 3 N–H and O–H groups in total. The van der Waals surface area contributed by atoms with Gasteiger partial charge in [0.25, 0.3) is 0 Å². The van der Waals surface area contributed by atoms with E-state index in [0.717, 1.165) is 24.8 Å². The monoisotopic (exact) mass is 276 g/mol. The lowest BCUT2D eigenvalue weighted by molar-refractivity contribution is -0.140. The molecular weight excluding hydrogens is 256 g/mol. The van der Waals surface area contributed by atoms with Crippen LogP contribution < -0.4 is 10.9 Å². The number of hydrazine groups is 1. The number of hydrogen-bond donors (Lipinski definition) is 3. The molecule has 1 aromatic carbocycles. The van der Waals surface area contributed by atoms with Crippen molar-refractivity contribution in [1.82, 2.24) is 10.9 Å². The Morgan fingerprint density at radius 1 is 1.25 bits per heavy atom. The van der Waals surface area contributed by atoms with E-state index in [1.54, 1.807) is 0 Å². The van der Waals surface area contributed by atoms with Gasteiger partial charge in [-0.05, 0) is 18.4 Å². The third kappa shape index (κ3) is 2.70. The van der Waals surface area contributed by atoms with E-state index >= 15 is 0 Å². The Bertz CT molecular complexity index is 465. The van der Waals surface area contributed by atoms with Gasteiger partial charge in [0, 0.05) is 5.92 Å². The summed E-state index contributed by atoms with van der Waals surface area (Å²) in [4.78, 5) is 11.2. The molecule has 4 unspecified atom stereocenters. The summed E-state index contributed by atoms with van der Waals surface area (Å²) in [5.74, 6) is -0.671. The van der Waals surface area contributed by atoms with E-state index in [1.165, 1.54) is 0 Å². The average Bonchev–Trinajstić information content (AvgIpc) is 2.91. The van der Waals surface area contributed by atoms with E-state index < -0.39 is 12.0 Å². The van der Waals surface area contributed by atoms with Crippen molar-refractivity contribution in [2.45, 2.75) is 44.1 Å². The van der Waals surface area contributed by atoms with E-state index in [0.29, 0.717) is 6.61 Å². The quantitative estimate of drug-likeness (QED) is 0.773. The Morgan fingerprint density at radius 3 is 2.80 bits per heavy atom. The summed E-state index contributed by atoms with van der Waals surface area (Å²) in [7, 11) is 0. The lowest BCUT2D eigenvalue weighted by Gasteiger charge is -2.33. The highest BCUT2D eigenvalue weighted by molar-refractivity contribution is 5.74. The molecule has 1 aliphatic heterocycles. The van der Waals surface area contributed by atoms with Crippen LogP contribution in [0.25, 0.3) is 0 Å². The molecular formula is C15H20N2O3. The predicted molar refractivity (Wildman–Crippen MR) is 73.8 cm³/mol. The Labute approximate surface area is 118 Å². The average molecular weight is 276 g/mol. The van der Waals surface area contributed by atoms with Crippen molar-refractivity contribution in [3.05, 3.63) is 35.9 Å². The van der Waals surface area contributed by atoms with Crippen LogP contribution >= 0.6 is 0 Å². The number of carboxylic acid groups (broad SMARTS) is 1. The molecule has 3 rings (SSSR count). The molecule has 4 atom stereocenters. The van der Waals surface area contributed by atoms with Gasteiger partial charge in [0.1, 0.15) is 6.04 Å². The van der Waals surface area contributed by atoms with E-state index in [-0.39, 0.29) is 18.1 Å². The zero-order chi connectivity index (χ0) is 13.9. The minimum absolute atomic E-state index is 0.0748. The summed E-state index contributed by atoms with van der Waals surface area (Å²) in [6.07, 6.45) is 3.01. The first-order valence-electron chi connectivity index (χ1n) is 7.15. The fraction of sp³-hybridized carbons (Fsp3) is 0.533. The number of hydrogen-bond acceptors (Lipinski definition) is 4. The molecule has 5 nitrogen and oxygen atoms in total. The number of nitrogens with one attached hydrogen (secondary N) is 2. The first kappa shape index (κ1) is 13.5. The summed E-state index contributed by atoms with van der Waals surface area (Å²) < 4.78 is 6.02. The topological polar surface area (TPSA) is 70.6 Å². The molecule has 0 radical (unpaired) electrons. The van der Waals surface area contributed by atoms with Gasteiger partial charge in [0.05, 0.1) is 18.8 Å². The van der Waals surface area contributed by atoms with Crippen LogP contribution in [0.4, 0.5) is 0 Å². The lowest BCUT2D eigenvalue weighted by atomic mass is 9.80. The Hall–Kier alpha value is -1.43. The number of benzene rings is 1. The lowest BCUT2D eigenvalue weighted by Crippen LogP contribution is -2.45. The minimum Gasteiger partial charge on any atom is -0.480 e. The van der Waals surface area contributed by atoms with Gasteiger partial charge in [-0.25, -0.2) is 5.43 Å². The number of fused-ring (bicyclic) bond motifs is 1. The van der Waals surface area contributed by atoms with Crippen LogP contribution in [-0.4, -0.2) is 29.3 Å². The second-order valence-electron chi connectivity index (χ2n) is 5.56. The van der Waals surface area contributed by atoms with Gasteiger partial charge in [-0.15, -0.1) is 0 Å². The van der Waals surface area contributed by atoms with Crippen LogP contribution in [0.2, 0.25) is 0 Å². The smallest absolute Gasteiger partial charge is 0.322 e. The molecule has 2 aliphatic rings. The molecule has 1 aliphatic carbocycles. The fourth-order valence-corrected chi connectivity index (χ4v) is 3.27. The first-order valence-corrected chi connectivity index (χ1v) is 7.15. The van der Waals surface area contributed by atoms with Gasteiger partial charge in [-0.2, -0.15) is 0 Å². The standard InChI is InChI=1S/C15H20N2O3/c18-15(19)14-11-7-4-8-12(13(11)16-17-14)20-9-10-5-2-1-3-6-10/h1-3,5-6,11-14,16-17H,4,7-9H2,(H,18,19). The second-order valence-corrected chi connectivity index (χ2v) is 5.56. The normalized spacial score (nSPS) is 32.8. The number of aliphatic carboxylic acids is 1. The number of carbonyl (C=O) groups is 1. The molecule has 1 saturated heterocycles. The van der Waals surface area contributed by atoms with Crippen LogP contribution in [-0.2, 0) is 16.1 Å². The van der Waals surface area contributed by atoms with E-state index in [4.69, 9.17) is 4.74 Å². The summed E-state index contributed by atoms with van der Waals surface area (Å²) in [5.41, 5.74) is 7.17. The number of ether oxygens (including phenoxy) is 1. The number of carboxylic acids is 1. The molecule has 1 aromatic rings. The highest BCUT2D eigenvalue weighted by Crippen LogP contribution is 2.32. The van der Waals surface area contributed by atoms with Crippen molar-refractivity contribution in [3.8, 4) is 0 Å². The Morgan fingerprint density at radius 2 is 2.05 bits per heavy atom. The van der Waals surface area contributed by atoms with Gasteiger partial charge < -0.3 is 9.84 Å². The predicted octanol–water partition coefficient (Wildman–Crippen LogP) is 1.30. The van der Waals surface area contributed by atoms with Crippen molar-refractivity contribution in [2.24, 2.45) is 5.92 Å². The molecule has 5 heteroatoms. The van der Waals surface area contributed by atoms with Gasteiger partial charge in [-0.1, -0.05) is 36.8 Å². The molecule has 108 valence electrons. The maximum Gasteiger partial charge on any atom is 0.322 e. The second kappa shape index (κ2) is 5.91. The third-order valence-corrected chi connectivity index (χ3v) is 4.29. The van der Waals surface area contributed by atoms with Crippen molar-refractivity contribution in [1.29, 1.82) is 0 Å². The zero-order valence-corrected chi connectivity index (χ0v) is 11.3. The molecule has 0 spiro atoms. The fourth-order valence-electron chi connectivity index (χ4n) is 3.27. The Balaban J connectivity index is 1.61. The highest BCUT2D eigenvalue weighted by Gasteiger charge is 2.45. The van der Waals surface area contributed by atoms with Crippen LogP contribution in [0.3, 0.4) is 0 Å². The molecule has 2 fully saturated rings. The van der Waals surface area contributed by atoms with Crippen molar-refractivity contribution >= 4 is 5.97 Å². The molecule has 20 heavy (non-hydrogen) atoms.